The summed E-state index contributed by atoms with van der Waals surface area (Å²) in [6.07, 6.45) is 0. The molecule has 100 valence electrons. The minimum Gasteiger partial charge on any atom is -0.299 e. The van der Waals surface area contributed by atoms with E-state index in [0.717, 1.165) is 6.54 Å². The summed E-state index contributed by atoms with van der Waals surface area (Å²) < 4.78 is 1.59. The van der Waals surface area contributed by atoms with Gasteiger partial charge in [-0.3, -0.25) is 9.88 Å². The molecule has 0 radical (unpaired) electrons. The van der Waals surface area contributed by atoms with Gasteiger partial charge in [-0.25, -0.2) is 9.89 Å². The van der Waals surface area contributed by atoms with Gasteiger partial charge >= 0.3 is 5.69 Å². The minimum atomic E-state index is -0.615. The average Bonchev–Trinajstić information content (AvgIpc) is 2.68. The van der Waals surface area contributed by atoms with Crippen LogP contribution in [0.4, 0.5) is 0 Å². The Hall–Kier alpha value is -1.26. The maximum Gasteiger partial charge on any atom is 0.344 e. The maximum absolute atomic E-state index is 11.6. The number of hydrogen-bond donors (Lipinski definition) is 2. The van der Waals surface area contributed by atoms with Crippen molar-refractivity contribution < 1.29 is 0 Å². The van der Waals surface area contributed by atoms with Crippen LogP contribution >= 0.6 is 11.8 Å². The molecule has 1 heterocycles. The molecule has 0 bridgehead atoms. The normalized spacial score (nSPS) is 14.4. The predicted molar refractivity (Wildman–Crippen MR) is 71.7 cm³/mol. The number of nitrogens with one attached hydrogen (secondary N) is 2. The molecule has 0 aliphatic heterocycles. The van der Waals surface area contributed by atoms with Crippen LogP contribution < -0.4 is 11.0 Å². The fourth-order valence-corrected chi connectivity index (χ4v) is 2.70. The first-order chi connectivity index (χ1) is 8.43. The molecule has 0 saturated carbocycles. The van der Waals surface area contributed by atoms with E-state index in [1.165, 1.54) is 11.8 Å². The topological polar surface area (TPSA) is 86.5 Å². The van der Waals surface area contributed by atoms with Gasteiger partial charge in [0.05, 0.1) is 6.07 Å². The third-order valence-electron chi connectivity index (χ3n) is 2.49. The number of nitriles is 1. The Labute approximate surface area is 111 Å². The second kappa shape index (κ2) is 6.07. The quantitative estimate of drug-likeness (QED) is 0.756. The molecule has 0 aliphatic rings. The Morgan fingerprint density at radius 1 is 1.67 bits per heavy atom. The maximum atomic E-state index is 11.6. The number of aromatic amines is 1. The van der Waals surface area contributed by atoms with Gasteiger partial charge in [0.15, 0.2) is 5.16 Å². The van der Waals surface area contributed by atoms with Crippen molar-refractivity contribution in [3.8, 4) is 6.07 Å². The van der Waals surface area contributed by atoms with E-state index in [-0.39, 0.29) is 11.7 Å². The highest BCUT2D eigenvalue weighted by molar-refractivity contribution is 7.99. The molecule has 1 atom stereocenters. The van der Waals surface area contributed by atoms with E-state index in [2.05, 4.69) is 21.6 Å². The van der Waals surface area contributed by atoms with Crippen molar-refractivity contribution in [3.05, 3.63) is 10.5 Å². The van der Waals surface area contributed by atoms with E-state index in [0.29, 0.717) is 10.9 Å². The Bertz CT molecular complexity index is 486. The van der Waals surface area contributed by atoms with E-state index in [9.17, 15) is 4.79 Å². The summed E-state index contributed by atoms with van der Waals surface area (Å²) in [5.74, 6) is 0.536. The van der Waals surface area contributed by atoms with Crippen LogP contribution in [0.5, 0.6) is 0 Å². The molecule has 1 unspecified atom stereocenters. The number of thioether (sulfide) groups is 1. The van der Waals surface area contributed by atoms with Gasteiger partial charge in [-0.1, -0.05) is 18.7 Å². The molecule has 1 aromatic rings. The lowest BCUT2D eigenvalue weighted by Gasteiger charge is -2.21. The van der Waals surface area contributed by atoms with Crippen LogP contribution in [0.25, 0.3) is 0 Å². The van der Waals surface area contributed by atoms with Crippen molar-refractivity contribution in [1.82, 2.24) is 20.1 Å². The van der Waals surface area contributed by atoms with Crippen LogP contribution in [-0.2, 0) is 0 Å². The van der Waals surface area contributed by atoms with Gasteiger partial charge in [0.2, 0.25) is 0 Å². The van der Waals surface area contributed by atoms with Crippen LogP contribution in [0, 0.1) is 11.3 Å². The molecule has 6 nitrogen and oxygen atoms in total. The lowest BCUT2D eigenvalue weighted by Crippen LogP contribution is -2.43. The van der Waals surface area contributed by atoms with Gasteiger partial charge in [0.25, 0.3) is 0 Å². The number of H-pyrrole nitrogens is 1. The van der Waals surface area contributed by atoms with Crippen molar-refractivity contribution in [1.29, 1.82) is 5.26 Å². The zero-order chi connectivity index (χ0) is 13.8. The Kier molecular flexibility index (Phi) is 4.99. The molecule has 0 aliphatic carbocycles. The van der Waals surface area contributed by atoms with E-state index in [1.807, 2.05) is 27.7 Å². The highest BCUT2D eigenvalue weighted by Gasteiger charge is 2.24. The van der Waals surface area contributed by atoms with Crippen LogP contribution in [0.15, 0.2) is 9.95 Å². The standard InChI is InChI=1S/C11H19N5OS/c1-5-13-11(4,6-12)7-18-10-15-14-9(17)16(10)8(2)3/h8,13H,5,7H2,1-4H3,(H,14,17). The SMILES string of the molecule is CCNC(C)(C#N)CSc1n[nH]c(=O)n1C(C)C. The van der Waals surface area contributed by atoms with Crippen molar-refractivity contribution >= 4 is 11.8 Å². The van der Waals surface area contributed by atoms with Crippen LogP contribution in [0.3, 0.4) is 0 Å². The second-order valence-electron chi connectivity index (χ2n) is 4.54. The fraction of sp³-hybridized carbons (Fsp3) is 0.727. The number of rotatable bonds is 6. The first-order valence-electron chi connectivity index (χ1n) is 5.89. The molecule has 2 N–H and O–H groups in total. The Morgan fingerprint density at radius 2 is 2.33 bits per heavy atom. The molecule has 0 spiro atoms. The zero-order valence-electron chi connectivity index (χ0n) is 11.1. The summed E-state index contributed by atoms with van der Waals surface area (Å²) in [4.78, 5) is 11.6. The molecule has 0 saturated heterocycles. The van der Waals surface area contributed by atoms with Gasteiger partial charge in [-0.15, -0.1) is 5.10 Å². The molecule has 1 rings (SSSR count). The lowest BCUT2D eigenvalue weighted by molar-refractivity contribution is 0.506. The molecule has 0 aromatic carbocycles. The summed E-state index contributed by atoms with van der Waals surface area (Å²) in [6, 6.07) is 2.30. The average molecular weight is 269 g/mol. The first-order valence-corrected chi connectivity index (χ1v) is 6.88. The van der Waals surface area contributed by atoms with Crippen molar-refractivity contribution in [2.24, 2.45) is 0 Å². The third kappa shape index (κ3) is 3.37. The zero-order valence-corrected chi connectivity index (χ0v) is 12.0. The first kappa shape index (κ1) is 14.8. The number of hydrogen-bond acceptors (Lipinski definition) is 5. The summed E-state index contributed by atoms with van der Waals surface area (Å²) in [6.45, 7) is 8.37. The van der Waals surface area contributed by atoms with E-state index >= 15 is 0 Å². The van der Waals surface area contributed by atoms with Crippen molar-refractivity contribution in [2.75, 3.05) is 12.3 Å². The van der Waals surface area contributed by atoms with Gasteiger partial charge in [-0.05, 0) is 27.3 Å². The van der Waals surface area contributed by atoms with Gasteiger partial charge in [-0.2, -0.15) is 5.26 Å². The summed E-state index contributed by atoms with van der Waals surface area (Å²) in [5, 5.41) is 19.3. The van der Waals surface area contributed by atoms with Gasteiger partial charge < -0.3 is 0 Å². The van der Waals surface area contributed by atoms with E-state index in [4.69, 9.17) is 5.26 Å². The Balaban J connectivity index is 2.81. The van der Waals surface area contributed by atoms with E-state index in [1.54, 1.807) is 4.57 Å². The number of nitrogens with zero attached hydrogens (tertiary/aromatic N) is 3. The molecular formula is C11H19N5OS. The monoisotopic (exact) mass is 269 g/mol. The highest BCUT2D eigenvalue weighted by atomic mass is 32.2. The minimum absolute atomic E-state index is 0.0474. The fourth-order valence-electron chi connectivity index (χ4n) is 1.57. The molecule has 1 aromatic heterocycles. The Morgan fingerprint density at radius 3 is 2.83 bits per heavy atom. The smallest absolute Gasteiger partial charge is 0.299 e. The third-order valence-corrected chi connectivity index (χ3v) is 3.76. The van der Waals surface area contributed by atoms with Crippen LogP contribution in [-0.4, -0.2) is 32.6 Å². The van der Waals surface area contributed by atoms with E-state index < -0.39 is 5.54 Å². The molecule has 0 fully saturated rings. The van der Waals surface area contributed by atoms with Crippen LogP contribution in [0.2, 0.25) is 0 Å². The molecule has 18 heavy (non-hydrogen) atoms. The summed E-state index contributed by atoms with van der Waals surface area (Å²) in [5.41, 5.74) is -0.828. The van der Waals surface area contributed by atoms with Crippen molar-refractivity contribution in [2.45, 2.75) is 44.4 Å². The largest absolute Gasteiger partial charge is 0.344 e. The molecular weight excluding hydrogens is 250 g/mol. The van der Waals surface area contributed by atoms with Crippen molar-refractivity contribution in [3.63, 3.8) is 0 Å². The highest BCUT2D eigenvalue weighted by Crippen LogP contribution is 2.21. The van der Waals surface area contributed by atoms with Gasteiger partial charge in [0, 0.05) is 11.8 Å². The second-order valence-corrected chi connectivity index (χ2v) is 5.48. The predicted octanol–water partition coefficient (Wildman–Crippen LogP) is 1.14. The number of aromatic nitrogens is 3. The van der Waals surface area contributed by atoms with Gasteiger partial charge in [0.1, 0.15) is 5.54 Å². The lowest BCUT2D eigenvalue weighted by atomic mass is 10.1. The summed E-state index contributed by atoms with van der Waals surface area (Å²) in [7, 11) is 0. The molecule has 0 amide bonds. The summed E-state index contributed by atoms with van der Waals surface area (Å²) >= 11 is 1.40. The van der Waals surface area contributed by atoms with Crippen LogP contribution in [0.1, 0.15) is 33.7 Å². The molecule has 7 heteroatoms.